The first kappa shape index (κ1) is 15.8. The first-order valence-corrected chi connectivity index (χ1v) is 8.40. The van der Waals surface area contributed by atoms with Gasteiger partial charge in [-0.3, -0.25) is 9.79 Å². The minimum absolute atomic E-state index is 0.0868. The first-order valence-electron chi connectivity index (χ1n) is 8.40. The number of morpholine rings is 1. The second-order valence-corrected chi connectivity index (χ2v) is 6.29. The smallest absolute Gasteiger partial charge is 0.220 e. The molecule has 2 aromatic rings. The summed E-state index contributed by atoms with van der Waals surface area (Å²) in [6.45, 7) is 4.74. The van der Waals surface area contributed by atoms with Gasteiger partial charge in [-0.15, -0.1) is 0 Å². The number of hydrogen-bond donors (Lipinski definition) is 1. The molecule has 4 rings (SSSR count). The molecule has 1 fully saturated rings. The van der Waals surface area contributed by atoms with Gasteiger partial charge >= 0.3 is 0 Å². The highest BCUT2D eigenvalue weighted by molar-refractivity contribution is 6.06. The molecule has 0 saturated carbocycles. The van der Waals surface area contributed by atoms with Gasteiger partial charge in [-0.25, -0.2) is 0 Å². The van der Waals surface area contributed by atoms with Gasteiger partial charge in [0, 0.05) is 18.7 Å². The van der Waals surface area contributed by atoms with Crippen molar-refractivity contribution in [2.75, 3.05) is 26.3 Å². The maximum Gasteiger partial charge on any atom is 0.220 e. The Kier molecular flexibility index (Phi) is 4.01. The number of carbonyl (C=O) groups excluding carboxylic acids is 1. The third-order valence-electron chi connectivity index (χ3n) is 4.61. The van der Waals surface area contributed by atoms with Crippen molar-refractivity contribution >= 4 is 11.7 Å². The summed E-state index contributed by atoms with van der Waals surface area (Å²) in [6, 6.07) is 7.60. The Hall–Kier alpha value is -2.67. The molecule has 0 aliphatic carbocycles. The average Bonchev–Trinajstić information content (AvgIpc) is 2.94. The van der Waals surface area contributed by atoms with E-state index in [0.29, 0.717) is 19.0 Å². The molecule has 1 aromatic heterocycles. The monoisotopic (exact) mass is 340 g/mol. The maximum atomic E-state index is 11.6. The Morgan fingerprint density at radius 1 is 1.28 bits per heavy atom. The summed E-state index contributed by atoms with van der Waals surface area (Å²) in [4.78, 5) is 18.7. The van der Waals surface area contributed by atoms with Crippen LogP contribution in [-0.2, 0) is 9.53 Å². The van der Waals surface area contributed by atoms with E-state index < -0.39 is 11.9 Å². The topological polar surface area (TPSA) is 93.9 Å². The van der Waals surface area contributed by atoms with E-state index in [1.54, 1.807) is 0 Å². The van der Waals surface area contributed by atoms with Crippen molar-refractivity contribution < 1.29 is 14.1 Å². The molecule has 1 atom stereocenters. The van der Waals surface area contributed by atoms with Crippen molar-refractivity contribution in [1.82, 2.24) is 10.1 Å². The van der Waals surface area contributed by atoms with Crippen LogP contribution in [0.15, 0.2) is 33.8 Å². The van der Waals surface area contributed by atoms with Gasteiger partial charge in [0.25, 0.3) is 0 Å². The van der Waals surface area contributed by atoms with Gasteiger partial charge in [-0.05, 0) is 12.5 Å². The lowest BCUT2D eigenvalue weighted by molar-refractivity contribution is -0.118. The summed E-state index contributed by atoms with van der Waals surface area (Å²) in [5.41, 5.74) is 9.20. The number of nitrogens with two attached hydrogens (primary N) is 1. The number of primary amides is 1. The number of hydrogen-bond acceptors (Lipinski definition) is 6. The Morgan fingerprint density at radius 2 is 2.00 bits per heavy atom. The number of aromatic nitrogens is 1. The number of fused-ring (bicyclic) bond motifs is 3. The van der Waals surface area contributed by atoms with Crippen LogP contribution in [-0.4, -0.2) is 48.1 Å². The quantitative estimate of drug-likeness (QED) is 0.897. The molecular formula is C18H20N4O3. The third-order valence-corrected chi connectivity index (χ3v) is 4.61. The Labute approximate surface area is 145 Å². The lowest BCUT2D eigenvalue weighted by atomic mass is 9.96. The van der Waals surface area contributed by atoms with Crippen molar-refractivity contribution in [1.29, 1.82) is 0 Å². The van der Waals surface area contributed by atoms with E-state index >= 15 is 0 Å². The van der Waals surface area contributed by atoms with Crippen LogP contribution in [0.2, 0.25) is 0 Å². The van der Waals surface area contributed by atoms with Crippen LogP contribution in [0.3, 0.4) is 0 Å². The summed E-state index contributed by atoms with van der Waals surface area (Å²) in [5, 5.41) is 4.10. The largest absolute Gasteiger partial charge is 0.378 e. The summed E-state index contributed by atoms with van der Waals surface area (Å²) in [5.74, 6) is 1.05. The fourth-order valence-corrected chi connectivity index (χ4v) is 3.47. The van der Waals surface area contributed by atoms with Crippen LogP contribution in [0, 0.1) is 6.92 Å². The molecule has 7 nitrogen and oxygen atoms in total. The number of amidine groups is 1. The standard InChI is InChI=1S/C18H20N4O3/c1-11-16-12-4-2-3-5-13(12)18(22-6-8-24-9-7-22)20-14(10-15(19)23)17(16)25-21-11/h2-5,14H,6-10H2,1H3,(H2,19,23)/t14-/m0/s1. The number of aryl methyl sites for hydroxylation is 1. The summed E-state index contributed by atoms with van der Waals surface area (Å²) < 4.78 is 11.0. The highest BCUT2D eigenvalue weighted by atomic mass is 16.5. The molecule has 2 aliphatic rings. The van der Waals surface area contributed by atoms with E-state index in [2.05, 4.69) is 10.1 Å². The maximum absolute atomic E-state index is 11.6. The Bertz CT molecular complexity index is 837. The molecule has 0 bridgehead atoms. The van der Waals surface area contributed by atoms with Crippen molar-refractivity contribution in [3.8, 4) is 11.1 Å². The number of carbonyl (C=O) groups is 1. The van der Waals surface area contributed by atoms with Gasteiger partial charge in [0.15, 0.2) is 5.76 Å². The van der Waals surface area contributed by atoms with Gasteiger partial charge < -0.3 is 19.9 Å². The Morgan fingerprint density at radius 3 is 2.72 bits per heavy atom. The summed E-state index contributed by atoms with van der Waals surface area (Å²) in [7, 11) is 0. The normalized spacial score (nSPS) is 19.6. The molecular weight excluding hydrogens is 320 g/mol. The van der Waals surface area contributed by atoms with Gasteiger partial charge in [0.2, 0.25) is 5.91 Å². The zero-order valence-corrected chi connectivity index (χ0v) is 14.1. The van der Waals surface area contributed by atoms with Crippen molar-refractivity contribution in [3.05, 3.63) is 41.3 Å². The second-order valence-electron chi connectivity index (χ2n) is 6.29. The molecule has 0 unspecified atom stereocenters. The molecule has 3 heterocycles. The molecule has 2 N–H and O–H groups in total. The fraction of sp³-hybridized carbons (Fsp3) is 0.389. The van der Waals surface area contributed by atoms with Crippen LogP contribution in [0.4, 0.5) is 0 Å². The molecule has 2 aliphatic heterocycles. The van der Waals surface area contributed by atoms with Crippen molar-refractivity contribution in [2.24, 2.45) is 10.7 Å². The highest BCUT2D eigenvalue weighted by Crippen LogP contribution is 2.40. The predicted octanol–water partition coefficient (Wildman–Crippen LogP) is 1.66. The van der Waals surface area contributed by atoms with Crippen LogP contribution in [0.25, 0.3) is 11.1 Å². The average molecular weight is 340 g/mol. The van der Waals surface area contributed by atoms with Gasteiger partial charge in [-0.1, -0.05) is 29.4 Å². The molecule has 25 heavy (non-hydrogen) atoms. The highest BCUT2D eigenvalue weighted by Gasteiger charge is 2.32. The van der Waals surface area contributed by atoms with E-state index in [0.717, 1.165) is 41.3 Å². The van der Waals surface area contributed by atoms with Crippen LogP contribution >= 0.6 is 0 Å². The van der Waals surface area contributed by atoms with E-state index in [1.807, 2.05) is 31.2 Å². The number of ether oxygens (including phenoxy) is 1. The summed E-state index contributed by atoms with van der Waals surface area (Å²) in [6.07, 6.45) is 0.0868. The van der Waals surface area contributed by atoms with E-state index in [4.69, 9.17) is 20.0 Å². The minimum Gasteiger partial charge on any atom is -0.378 e. The van der Waals surface area contributed by atoms with Gasteiger partial charge in [0.05, 0.1) is 30.9 Å². The summed E-state index contributed by atoms with van der Waals surface area (Å²) >= 11 is 0. The number of amides is 1. The number of aliphatic imine (C=N–C) groups is 1. The third kappa shape index (κ3) is 2.80. The minimum atomic E-state index is -0.473. The fourth-order valence-electron chi connectivity index (χ4n) is 3.47. The van der Waals surface area contributed by atoms with E-state index in [9.17, 15) is 4.79 Å². The first-order chi connectivity index (χ1) is 12.1. The molecule has 0 radical (unpaired) electrons. The number of benzene rings is 1. The van der Waals surface area contributed by atoms with Gasteiger partial charge in [-0.2, -0.15) is 0 Å². The van der Waals surface area contributed by atoms with Crippen molar-refractivity contribution in [3.63, 3.8) is 0 Å². The van der Waals surface area contributed by atoms with Crippen LogP contribution in [0.1, 0.15) is 29.5 Å². The molecule has 1 aromatic carbocycles. The molecule has 0 spiro atoms. The predicted molar refractivity (Wildman–Crippen MR) is 92.2 cm³/mol. The molecule has 7 heteroatoms. The van der Waals surface area contributed by atoms with Crippen LogP contribution < -0.4 is 5.73 Å². The van der Waals surface area contributed by atoms with E-state index in [1.165, 1.54) is 0 Å². The lowest BCUT2D eigenvalue weighted by Crippen LogP contribution is -2.41. The zero-order valence-electron chi connectivity index (χ0n) is 14.1. The number of rotatable bonds is 2. The van der Waals surface area contributed by atoms with Crippen LogP contribution in [0.5, 0.6) is 0 Å². The zero-order chi connectivity index (χ0) is 17.4. The Balaban J connectivity index is 1.91. The SMILES string of the molecule is Cc1noc2c1-c1ccccc1C(N1CCOCC1)=N[C@H]2CC(N)=O. The lowest BCUT2D eigenvalue weighted by Gasteiger charge is -2.30. The molecule has 1 saturated heterocycles. The van der Waals surface area contributed by atoms with Gasteiger partial charge in [0.1, 0.15) is 11.9 Å². The van der Waals surface area contributed by atoms with Crippen molar-refractivity contribution in [2.45, 2.75) is 19.4 Å². The molecule has 1 amide bonds. The van der Waals surface area contributed by atoms with E-state index in [-0.39, 0.29) is 6.42 Å². The number of nitrogens with zero attached hydrogens (tertiary/aromatic N) is 3. The molecule has 130 valence electrons. The second kappa shape index (κ2) is 6.33.